The smallest absolute Gasteiger partial charge is 0.257 e. The maximum absolute atomic E-state index is 13.1. The van der Waals surface area contributed by atoms with Gasteiger partial charge in [0, 0.05) is 68.7 Å². The average molecular weight is 477 g/mol. The molecule has 3 aliphatic heterocycles. The van der Waals surface area contributed by atoms with Gasteiger partial charge in [-0.25, -0.2) is 0 Å². The van der Waals surface area contributed by atoms with Gasteiger partial charge in [0.2, 0.25) is 11.8 Å². The van der Waals surface area contributed by atoms with E-state index >= 15 is 0 Å². The third kappa shape index (κ3) is 4.40. The largest absolute Gasteiger partial charge is 0.369 e. The number of amides is 3. The molecule has 10 nitrogen and oxygen atoms in total. The molecule has 0 saturated carbocycles. The number of piperazine rings is 1. The second-order valence-electron chi connectivity index (χ2n) is 9.11. The van der Waals surface area contributed by atoms with Gasteiger partial charge in [-0.1, -0.05) is 12.0 Å². The SMILES string of the molecule is C#Cc1cnn(CCCN2CCN(c3cccc4c3C(O)N(C3CCC(=O)NC3=O)C4=O)CC2)c1. The highest BCUT2D eigenvalue weighted by atomic mass is 16.3. The number of aliphatic hydroxyl groups is 1. The first kappa shape index (κ1) is 23.1. The summed E-state index contributed by atoms with van der Waals surface area (Å²) in [6.07, 6.45) is 9.04. The Labute approximate surface area is 203 Å². The Morgan fingerprint density at radius 2 is 1.94 bits per heavy atom. The molecular formula is C25H28N6O4. The molecule has 2 fully saturated rings. The molecule has 35 heavy (non-hydrogen) atoms. The monoisotopic (exact) mass is 476 g/mol. The fourth-order valence-corrected chi connectivity index (χ4v) is 5.16. The summed E-state index contributed by atoms with van der Waals surface area (Å²) in [4.78, 5) is 42.8. The summed E-state index contributed by atoms with van der Waals surface area (Å²) in [5.74, 6) is 1.31. The lowest BCUT2D eigenvalue weighted by Crippen LogP contribution is -2.53. The minimum absolute atomic E-state index is 0.142. The van der Waals surface area contributed by atoms with Gasteiger partial charge in [-0.15, -0.1) is 6.42 Å². The molecule has 3 aliphatic rings. The van der Waals surface area contributed by atoms with Gasteiger partial charge in [0.1, 0.15) is 6.04 Å². The predicted molar refractivity (Wildman–Crippen MR) is 127 cm³/mol. The maximum Gasteiger partial charge on any atom is 0.257 e. The summed E-state index contributed by atoms with van der Waals surface area (Å²) in [7, 11) is 0. The van der Waals surface area contributed by atoms with Crippen LogP contribution in [0.1, 0.15) is 47.0 Å². The van der Waals surface area contributed by atoms with Gasteiger partial charge < -0.3 is 10.0 Å². The summed E-state index contributed by atoms with van der Waals surface area (Å²) in [5.41, 5.74) is 2.55. The van der Waals surface area contributed by atoms with Crippen molar-refractivity contribution < 1.29 is 19.5 Å². The molecule has 1 aromatic heterocycles. The second kappa shape index (κ2) is 9.52. The number of benzene rings is 1. The van der Waals surface area contributed by atoms with E-state index in [1.807, 2.05) is 23.0 Å². The van der Waals surface area contributed by atoms with Crippen molar-refractivity contribution in [3.8, 4) is 12.3 Å². The van der Waals surface area contributed by atoms with Crippen molar-refractivity contribution in [1.82, 2.24) is 24.9 Å². The van der Waals surface area contributed by atoms with Crippen LogP contribution in [0.4, 0.5) is 5.69 Å². The van der Waals surface area contributed by atoms with Crippen LogP contribution in [0.5, 0.6) is 0 Å². The van der Waals surface area contributed by atoms with E-state index < -0.39 is 18.2 Å². The number of hydrogen-bond donors (Lipinski definition) is 2. The van der Waals surface area contributed by atoms with Crippen LogP contribution in [-0.4, -0.2) is 81.2 Å². The van der Waals surface area contributed by atoms with Crippen molar-refractivity contribution in [1.29, 1.82) is 0 Å². The van der Waals surface area contributed by atoms with Crippen LogP contribution >= 0.6 is 0 Å². The number of hydrogen-bond acceptors (Lipinski definition) is 7. The molecule has 10 heteroatoms. The quantitative estimate of drug-likeness (QED) is 0.457. The molecule has 2 atom stereocenters. The molecular weight excluding hydrogens is 448 g/mol. The van der Waals surface area contributed by atoms with Gasteiger partial charge in [0.25, 0.3) is 5.91 Å². The number of carbonyl (C=O) groups is 3. The number of terminal acetylenes is 1. The van der Waals surface area contributed by atoms with Gasteiger partial charge in [-0.3, -0.25) is 34.2 Å². The minimum Gasteiger partial charge on any atom is -0.369 e. The molecule has 4 heterocycles. The maximum atomic E-state index is 13.1. The fourth-order valence-electron chi connectivity index (χ4n) is 5.16. The van der Waals surface area contributed by atoms with E-state index in [2.05, 4.69) is 26.1 Å². The van der Waals surface area contributed by atoms with Crippen LogP contribution in [0.25, 0.3) is 0 Å². The molecule has 2 unspecified atom stereocenters. The van der Waals surface area contributed by atoms with Gasteiger partial charge >= 0.3 is 0 Å². The van der Waals surface area contributed by atoms with Crippen LogP contribution in [0.15, 0.2) is 30.6 Å². The Balaban J connectivity index is 1.22. The van der Waals surface area contributed by atoms with E-state index in [1.165, 1.54) is 4.90 Å². The Morgan fingerprint density at radius 1 is 1.14 bits per heavy atom. The molecule has 0 spiro atoms. The van der Waals surface area contributed by atoms with Crippen molar-refractivity contribution in [3.63, 3.8) is 0 Å². The van der Waals surface area contributed by atoms with E-state index in [9.17, 15) is 19.5 Å². The molecule has 1 aromatic carbocycles. The van der Waals surface area contributed by atoms with Crippen LogP contribution in [0.2, 0.25) is 0 Å². The zero-order valence-electron chi connectivity index (χ0n) is 19.4. The van der Waals surface area contributed by atoms with Crippen LogP contribution < -0.4 is 10.2 Å². The lowest BCUT2D eigenvalue weighted by molar-refractivity contribution is -0.139. The van der Waals surface area contributed by atoms with E-state index in [0.29, 0.717) is 11.1 Å². The third-order valence-corrected chi connectivity index (χ3v) is 6.99. The van der Waals surface area contributed by atoms with Crippen LogP contribution in [0.3, 0.4) is 0 Å². The normalized spacial score (nSPS) is 22.8. The first-order valence-corrected chi connectivity index (χ1v) is 11.9. The van der Waals surface area contributed by atoms with E-state index in [4.69, 9.17) is 6.42 Å². The van der Waals surface area contributed by atoms with E-state index in [1.54, 1.807) is 12.3 Å². The van der Waals surface area contributed by atoms with Crippen molar-refractivity contribution >= 4 is 23.4 Å². The molecule has 3 amide bonds. The molecule has 0 radical (unpaired) electrons. The summed E-state index contributed by atoms with van der Waals surface area (Å²) in [6.45, 7) is 4.99. The van der Waals surface area contributed by atoms with E-state index in [-0.39, 0.29) is 24.7 Å². The number of piperidine rings is 1. The Bertz CT molecular complexity index is 1190. The second-order valence-corrected chi connectivity index (χ2v) is 9.11. The lowest BCUT2D eigenvalue weighted by Gasteiger charge is -2.37. The number of imide groups is 1. The van der Waals surface area contributed by atoms with Crippen molar-refractivity contribution in [2.75, 3.05) is 37.6 Å². The first-order chi connectivity index (χ1) is 17.0. The van der Waals surface area contributed by atoms with Gasteiger partial charge in [0.15, 0.2) is 6.23 Å². The summed E-state index contributed by atoms with van der Waals surface area (Å²) in [5, 5.41) is 17.7. The standard InChI is InChI=1S/C25H28N6O4/c1-2-17-15-26-30(16-17)10-4-9-28-11-13-29(14-12-28)19-6-3-5-18-22(19)25(35)31(24(18)34)20-7-8-21(32)27-23(20)33/h1,3,5-6,15-16,20,25,35H,4,7-14H2,(H,27,32,33). The molecule has 182 valence electrons. The van der Waals surface area contributed by atoms with E-state index in [0.717, 1.165) is 56.9 Å². The number of rotatable bonds is 6. The number of nitrogens with zero attached hydrogens (tertiary/aromatic N) is 5. The minimum atomic E-state index is -1.22. The molecule has 2 N–H and O–H groups in total. The number of anilines is 1. The summed E-state index contributed by atoms with van der Waals surface area (Å²) >= 11 is 0. The Hall–Kier alpha value is -3.68. The summed E-state index contributed by atoms with van der Waals surface area (Å²) in [6, 6.07) is 4.56. The molecule has 0 aliphatic carbocycles. The summed E-state index contributed by atoms with van der Waals surface area (Å²) < 4.78 is 1.87. The van der Waals surface area contributed by atoms with Crippen molar-refractivity contribution in [2.24, 2.45) is 0 Å². The zero-order chi connectivity index (χ0) is 24.5. The number of aliphatic hydroxyl groups excluding tert-OH is 1. The highest BCUT2D eigenvalue weighted by molar-refractivity contribution is 6.06. The molecule has 2 saturated heterocycles. The number of fused-ring (bicyclic) bond motifs is 1. The van der Waals surface area contributed by atoms with Gasteiger partial charge in [0.05, 0.1) is 11.8 Å². The lowest BCUT2D eigenvalue weighted by atomic mass is 10.0. The molecule has 5 rings (SSSR count). The number of nitrogens with one attached hydrogen (secondary N) is 1. The number of aryl methyl sites for hydroxylation is 1. The van der Waals surface area contributed by atoms with Gasteiger partial charge in [-0.2, -0.15) is 5.10 Å². The predicted octanol–water partition coefficient (Wildman–Crippen LogP) is 0.329. The average Bonchev–Trinajstić information content (AvgIpc) is 3.42. The highest BCUT2D eigenvalue weighted by Crippen LogP contribution is 2.41. The van der Waals surface area contributed by atoms with Crippen LogP contribution in [0, 0.1) is 12.3 Å². The zero-order valence-corrected chi connectivity index (χ0v) is 19.4. The van der Waals surface area contributed by atoms with Crippen molar-refractivity contribution in [2.45, 2.75) is 38.1 Å². The Morgan fingerprint density at radius 3 is 2.66 bits per heavy atom. The Kier molecular flexibility index (Phi) is 6.28. The topological polar surface area (TPSA) is 111 Å². The number of aromatic nitrogens is 2. The number of carbonyl (C=O) groups excluding carboxylic acids is 3. The molecule has 0 bridgehead atoms. The third-order valence-electron chi connectivity index (χ3n) is 6.99. The highest BCUT2D eigenvalue weighted by Gasteiger charge is 2.45. The van der Waals surface area contributed by atoms with Crippen LogP contribution in [-0.2, 0) is 16.1 Å². The fraction of sp³-hybridized carbons (Fsp3) is 0.440. The first-order valence-electron chi connectivity index (χ1n) is 11.9. The van der Waals surface area contributed by atoms with Crippen molar-refractivity contribution in [3.05, 3.63) is 47.3 Å². The van der Waals surface area contributed by atoms with Gasteiger partial charge in [-0.05, 0) is 25.0 Å². The molecule has 2 aromatic rings.